The molecule has 0 spiro atoms. The highest BCUT2D eigenvalue weighted by molar-refractivity contribution is 5.84. The lowest BCUT2D eigenvalue weighted by atomic mass is 9.96. The third-order valence-electron chi connectivity index (χ3n) is 4.05. The summed E-state index contributed by atoms with van der Waals surface area (Å²) in [6.07, 6.45) is 1.62. The smallest absolute Gasteiger partial charge is 0.336 e. The van der Waals surface area contributed by atoms with Gasteiger partial charge in [0.2, 0.25) is 0 Å². The predicted octanol–water partition coefficient (Wildman–Crippen LogP) is 3.38. The van der Waals surface area contributed by atoms with Crippen LogP contribution in [0.2, 0.25) is 0 Å². The van der Waals surface area contributed by atoms with Crippen LogP contribution < -0.4 is 10.4 Å². The first-order valence-corrected chi connectivity index (χ1v) is 7.86. The average molecular weight is 328 g/mol. The largest absolute Gasteiger partial charge is 0.485 e. The van der Waals surface area contributed by atoms with E-state index < -0.39 is 17.2 Å². The summed E-state index contributed by atoms with van der Waals surface area (Å²) in [6.45, 7) is 7.31. The van der Waals surface area contributed by atoms with Crippen molar-refractivity contribution in [3.8, 4) is 5.75 Å². The van der Waals surface area contributed by atoms with E-state index in [1.54, 1.807) is 6.07 Å². The maximum Gasteiger partial charge on any atom is 0.336 e. The molecule has 2 aromatic rings. The lowest BCUT2D eigenvalue weighted by Gasteiger charge is -2.30. The van der Waals surface area contributed by atoms with Crippen molar-refractivity contribution in [3.05, 3.63) is 51.9 Å². The quantitative estimate of drug-likeness (QED) is 0.491. The number of carbonyl (C=O) groups excluding carboxylic acids is 1. The summed E-state index contributed by atoms with van der Waals surface area (Å²) in [5, 5.41) is 0.844. The van der Waals surface area contributed by atoms with Gasteiger partial charge in [0.15, 0.2) is 0 Å². The van der Waals surface area contributed by atoms with E-state index in [9.17, 15) is 9.59 Å². The fourth-order valence-corrected chi connectivity index (χ4v) is 2.83. The lowest BCUT2D eigenvalue weighted by molar-refractivity contribution is -0.158. The average Bonchev–Trinajstić information content (AvgIpc) is 2.91. The van der Waals surface area contributed by atoms with Crippen molar-refractivity contribution in [3.63, 3.8) is 0 Å². The van der Waals surface area contributed by atoms with Crippen LogP contribution in [0.25, 0.3) is 11.0 Å². The van der Waals surface area contributed by atoms with E-state index in [0.29, 0.717) is 17.8 Å². The van der Waals surface area contributed by atoms with Crippen molar-refractivity contribution in [2.45, 2.75) is 45.8 Å². The van der Waals surface area contributed by atoms with E-state index in [1.165, 1.54) is 12.1 Å². The van der Waals surface area contributed by atoms with Gasteiger partial charge in [-0.25, -0.2) is 9.59 Å². The number of rotatable bonds is 3. The van der Waals surface area contributed by atoms with Gasteiger partial charge in [-0.1, -0.05) is 5.57 Å². The normalized spacial score (nSPS) is 16.4. The van der Waals surface area contributed by atoms with Gasteiger partial charge in [0.1, 0.15) is 23.0 Å². The Kier molecular flexibility index (Phi) is 3.95. The summed E-state index contributed by atoms with van der Waals surface area (Å²) in [4.78, 5) is 23.5. The number of hydrogen-bond donors (Lipinski definition) is 0. The van der Waals surface area contributed by atoms with Gasteiger partial charge in [-0.2, -0.15) is 0 Å². The van der Waals surface area contributed by atoms with Crippen molar-refractivity contribution >= 4 is 16.9 Å². The van der Waals surface area contributed by atoms with Crippen molar-refractivity contribution in [1.82, 2.24) is 0 Å². The molecule has 1 aromatic carbocycles. The van der Waals surface area contributed by atoms with E-state index in [-0.39, 0.29) is 6.10 Å². The van der Waals surface area contributed by atoms with Crippen LogP contribution in [-0.2, 0) is 16.0 Å². The molecule has 0 fully saturated rings. The first kappa shape index (κ1) is 16.3. The first-order valence-electron chi connectivity index (χ1n) is 7.86. The van der Waals surface area contributed by atoms with Gasteiger partial charge < -0.3 is 13.9 Å². The molecule has 126 valence electrons. The highest BCUT2D eigenvalue weighted by atomic mass is 16.6. The van der Waals surface area contributed by atoms with Crippen LogP contribution in [0.5, 0.6) is 5.75 Å². The van der Waals surface area contributed by atoms with Gasteiger partial charge in [-0.15, -0.1) is 0 Å². The molecule has 5 nitrogen and oxygen atoms in total. The minimum Gasteiger partial charge on any atom is -0.485 e. The lowest BCUT2D eigenvalue weighted by Crippen LogP contribution is -2.43. The number of ether oxygens (including phenoxy) is 2. The predicted molar refractivity (Wildman–Crippen MR) is 90.2 cm³/mol. The minimum absolute atomic E-state index is 0.349. The topological polar surface area (TPSA) is 65.7 Å². The molecule has 1 atom stereocenters. The third kappa shape index (κ3) is 3.07. The van der Waals surface area contributed by atoms with Gasteiger partial charge in [-0.3, -0.25) is 0 Å². The van der Waals surface area contributed by atoms with Crippen LogP contribution in [-0.4, -0.2) is 17.7 Å². The maximum absolute atomic E-state index is 11.9. The Labute approximate surface area is 139 Å². The zero-order valence-electron chi connectivity index (χ0n) is 14.2. The molecule has 5 heteroatoms. The molecule has 0 bridgehead atoms. The molecule has 24 heavy (non-hydrogen) atoms. The SMILES string of the molecule is CC(C)=CC(=O)OC(C)(C)C1Cc2c(ccc3ccc(=O)oc23)O1. The monoisotopic (exact) mass is 328 g/mol. The van der Waals surface area contributed by atoms with Crippen molar-refractivity contribution < 1.29 is 18.7 Å². The van der Waals surface area contributed by atoms with Crippen LogP contribution in [0, 0.1) is 0 Å². The van der Waals surface area contributed by atoms with E-state index >= 15 is 0 Å². The third-order valence-corrected chi connectivity index (χ3v) is 4.05. The van der Waals surface area contributed by atoms with Gasteiger partial charge >= 0.3 is 11.6 Å². The van der Waals surface area contributed by atoms with Crippen LogP contribution >= 0.6 is 0 Å². The van der Waals surface area contributed by atoms with Crippen molar-refractivity contribution in [2.24, 2.45) is 0 Å². The Hall–Kier alpha value is -2.56. The van der Waals surface area contributed by atoms with Gasteiger partial charge in [0, 0.05) is 29.5 Å². The second kappa shape index (κ2) is 5.82. The number of fused-ring (bicyclic) bond motifs is 3. The van der Waals surface area contributed by atoms with Crippen LogP contribution in [0.15, 0.2) is 45.1 Å². The van der Waals surface area contributed by atoms with Gasteiger partial charge in [-0.05, 0) is 45.9 Å². The molecule has 0 N–H and O–H groups in total. The van der Waals surface area contributed by atoms with Crippen LogP contribution in [0.4, 0.5) is 0 Å². The molecular weight excluding hydrogens is 308 g/mol. The fraction of sp³-hybridized carbons (Fsp3) is 0.368. The van der Waals surface area contributed by atoms with E-state index in [4.69, 9.17) is 13.9 Å². The van der Waals surface area contributed by atoms with Crippen molar-refractivity contribution in [1.29, 1.82) is 0 Å². The second-order valence-electron chi connectivity index (χ2n) is 6.77. The molecule has 1 aliphatic heterocycles. The molecule has 0 saturated carbocycles. The van der Waals surface area contributed by atoms with Crippen molar-refractivity contribution in [2.75, 3.05) is 0 Å². The summed E-state index contributed by atoms with van der Waals surface area (Å²) in [6, 6.07) is 6.83. The zero-order chi connectivity index (χ0) is 17.5. The summed E-state index contributed by atoms with van der Waals surface area (Å²) >= 11 is 0. The Bertz CT molecular complexity index is 884. The summed E-state index contributed by atoms with van der Waals surface area (Å²) < 4.78 is 16.9. The Morgan fingerprint density at radius 2 is 1.96 bits per heavy atom. The molecular formula is C19H20O5. The molecule has 1 unspecified atom stereocenters. The molecule has 0 amide bonds. The first-order chi connectivity index (χ1) is 11.3. The number of hydrogen-bond acceptors (Lipinski definition) is 5. The van der Waals surface area contributed by atoms with Gasteiger partial charge in [0.05, 0.1) is 0 Å². The molecule has 1 aromatic heterocycles. The standard InChI is InChI=1S/C19H20O5/c1-11(2)9-17(21)24-19(3,4)15-10-13-14(22-15)7-5-12-6-8-16(20)23-18(12)13/h5-9,15H,10H2,1-4H3. The number of allylic oxidation sites excluding steroid dienone is 1. The maximum atomic E-state index is 11.9. The Balaban J connectivity index is 1.89. The highest BCUT2D eigenvalue weighted by Gasteiger charge is 2.40. The molecule has 0 saturated heterocycles. The van der Waals surface area contributed by atoms with E-state index in [0.717, 1.165) is 16.5 Å². The summed E-state index contributed by atoms with van der Waals surface area (Å²) in [5.41, 5.74) is 1.03. The van der Waals surface area contributed by atoms with E-state index in [1.807, 2.05) is 39.8 Å². The zero-order valence-corrected chi connectivity index (χ0v) is 14.2. The second-order valence-corrected chi connectivity index (χ2v) is 6.77. The molecule has 0 radical (unpaired) electrons. The van der Waals surface area contributed by atoms with Crippen LogP contribution in [0.1, 0.15) is 33.3 Å². The molecule has 1 aliphatic rings. The fourth-order valence-electron chi connectivity index (χ4n) is 2.83. The van der Waals surface area contributed by atoms with Gasteiger partial charge in [0.25, 0.3) is 0 Å². The minimum atomic E-state index is -0.816. The van der Waals surface area contributed by atoms with E-state index in [2.05, 4.69) is 0 Å². The Morgan fingerprint density at radius 3 is 2.67 bits per heavy atom. The van der Waals surface area contributed by atoms with Crippen LogP contribution in [0.3, 0.4) is 0 Å². The number of benzene rings is 1. The Morgan fingerprint density at radius 1 is 1.25 bits per heavy atom. The number of esters is 1. The molecule has 2 heterocycles. The summed E-state index contributed by atoms with van der Waals surface area (Å²) in [5.74, 6) is 0.268. The number of carbonyl (C=O) groups is 1. The summed E-state index contributed by atoms with van der Waals surface area (Å²) in [7, 11) is 0. The molecule has 0 aliphatic carbocycles. The highest BCUT2D eigenvalue weighted by Crippen LogP contribution is 2.38. The molecule has 3 rings (SSSR count).